The van der Waals surface area contributed by atoms with E-state index in [2.05, 4.69) is 42.0 Å². The fourth-order valence-corrected chi connectivity index (χ4v) is 4.76. The van der Waals surface area contributed by atoms with Crippen molar-refractivity contribution in [1.82, 2.24) is 20.9 Å². The standard InChI is InChI=1S/C32H48N6O6/c1-21(2)28(37-25(39)11-7-6-8-19-38-26(40)16-17-27(38)41)30(43)36-24(10-9-18-34-31(33)44)29(42)35-23-14-12-22(13-15-23)20-32(3,4)5/h12-17,21,24,28H,6-11,18-20H2,1-5H3,(H,35,42)(H,36,43)(H,37,39)(H3,33,34,44)/t24-,28-/m1/s1. The Kier molecular flexibility index (Phi) is 14.0. The first-order valence-electron chi connectivity index (χ1n) is 15.2. The Morgan fingerprint density at radius 2 is 1.50 bits per heavy atom. The zero-order valence-electron chi connectivity index (χ0n) is 26.5. The van der Waals surface area contributed by atoms with Gasteiger partial charge in [-0.05, 0) is 61.1 Å². The highest BCUT2D eigenvalue weighted by Crippen LogP contribution is 2.22. The van der Waals surface area contributed by atoms with E-state index in [1.165, 1.54) is 12.2 Å². The van der Waals surface area contributed by atoms with Crippen molar-refractivity contribution in [3.63, 3.8) is 0 Å². The molecule has 2 rings (SSSR count). The molecule has 0 saturated heterocycles. The van der Waals surface area contributed by atoms with Gasteiger partial charge >= 0.3 is 6.03 Å². The largest absolute Gasteiger partial charge is 0.352 e. The van der Waals surface area contributed by atoms with E-state index < -0.39 is 29.9 Å². The number of anilines is 1. The number of primary amides is 1. The number of nitrogens with one attached hydrogen (secondary N) is 4. The molecule has 0 aliphatic carbocycles. The number of rotatable bonds is 17. The Labute approximate surface area is 259 Å². The van der Waals surface area contributed by atoms with Gasteiger partial charge < -0.3 is 27.0 Å². The molecule has 0 bridgehead atoms. The van der Waals surface area contributed by atoms with Crippen LogP contribution < -0.4 is 27.0 Å². The molecule has 242 valence electrons. The highest BCUT2D eigenvalue weighted by molar-refractivity contribution is 6.12. The molecule has 1 aliphatic rings. The number of benzene rings is 1. The van der Waals surface area contributed by atoms with Crippen LogP contribution >= 0.6 is 0 Å². The second-order valence-electron chi connectivity index (χ2n) is 12.7. The molecule has 1 aliphatic heterocycles. The summed E-state index contributed by atoms with van der Waals surface area (Å²) in [5.41, 5.74) is 6.99. The number of hydrogen-bond acceptors (Lipinski definition) is 6. The molecule has 0 radical (unpaired) electrons. The number of hydrogen-bond donors (Lipinski definition) is 5. The van der Waals surface area contributed by atoms with Crippen LogP contribution in [0, 0.1) is 11.3 Å². The van der Waals surface area contributed by atoms with Crippen LogP contribution in [0.25, 0.3) is 0 Å². The first kappa shape index (κ1) is 36.0. The van der Waals surface area contributed by atoms with Gasteiger partial charge in [0, 0.05) is 37.3 Å². The fourth-order valence-electron chi connectivity index (χ4n) is 4.76. The van der Waals surface area contributed by atoms with Gasteiger partial charge in [-0.3, -0.25) is 28.9 Å². The summed E-state index contributed by atoms with van der Waals surface area (Å²) in [5.74, 6) is -2.13. The number of carbonyl (C=O) groups is 6. The maximum absolute atomic E-state index is 13.3. The zero-order valence-corrected chi connectivity index (χ0v) is 26.5. The summed E-state index contributed by atoms with van der Waals surface area (Å²) in [4.78, 5) is 74.8. The van der Waals surface area contributed by atoms with E-state index in [0.717, 1.165) is 16.9 Å². The van der Waals surface area contributed by atoms with Gasteiger partial charge in [0.05, 0.1) is 0 Å². The summed E-state index contributed by atoms with van der Waals surface area (Å²) in [7, 11) is 0. The number of nitrogens with two attached hydrogens (primary N) is 1. The predicted molar refractivity (Wildman–Crippen MR) is 168 cm³/mol. The summed E-state index contributed by atoms with van der Waals surface area (Å²) < 4.78 is 0. The van der Waals surface area contributed by atoms with Crippen molar-refractivity contribution in [2.75, 3.05) is 18.4 Å². The van der Waals surface area contributed by atoms with Gasteiger partial charge in [0.25, 0.3) is 11.8 Å². The monoisotopic (exact) mass is 612 g/mol. The zero-order chi connectivity index (χ0) is 32.9. The van der Waals surface area contributed by atoms with Gasteiger partial charge in [-0.15, -0.1) is 0 Å². The SMILES string of the molecule is CC(C)[C@@H](NC(=O)CCCCCN1C(=O)C=CC1=O)C(=O)N[C@H](CCCNC(N)=O)C(=O)Nc1ccc(CC(C)(C)C)cc1. The van der Waals surface area contributed by atoms with Gasteiger partial charge in [0.2, 0.25) is 17.7 Å². The first-order chi connectivity index (χ1) is 20.7. The highest BCUT2D eigenvalue weighted by Gasteiger charge is 2.29. The molecular weight excluding hydrogens is 564 g/mol. The third-order valence-corrected chi connectivity index (χ3v) is 7.01. The van der Waals surface area contributed by atoms with Crippen LogP contribution in [0.5, 0.6) is 0 Å². The third-order valence-electron chi connectivity index (χ3n) is 7.01. The number of amides is 7. The Morgan fingerprint density at radius 1 is 0.864 bits per heavy atom. The molecule has 44 heavy (non-hydrogen) atoms. The van der Waals surface area contributed by atoms with E-state index >= 15 is 0 Å². The van der Waals surface area contributed by atoms with Gasteiger partial charge in [-0.2, -0.15) is 0 Å². The van der Waals surface area contributed by atoms with Crippen LogP contribution in [0.3, 0.4) is 0 Å². The van der Waals surface area contributed by atoms with Crippen LogP contribution in [-0.2, 0) is 30.4 Å². The van der Waals surface area contributed by atoms with Gasteiger partial charge in [0.15, 0.2) is 0 Å². The number of unbranched alkanes of at least 4 members (excludes halogenated alkanes) is 2. The minimum absolute atomic E-state index is 0.121. The lowest BCUT2D eigenvalue weighted by molar-refractivity contribution is -0.137. The lowest BCUT2D eigenvalue weighted by atomic mass is 9.88. The second kappa shape index (κ2) is 17.2. The number of urea groups is 1. The second-order valence-corrected chi connectivity index (χ2v) is 12.7. The minimum Gasteiger partial charge on any atom is -0.352 e. The Bertz CT molecular complexity index is 1190. The molecule has 0 saturated carbocycles. The molecule has 1 aromatic carbocycles. The quantitative estimate of drug-likeness (QED) is 0.133. The summed E-state index contributed by atoms with van der Waals surface area (Å²) in [6.07, 6.45) is 5.87. The summed E-state index contributed by atoms with van der Waals surface area (Å²) in [6, 6.07) is 5.08. The van der Waals surface area contributed by atoms with Crippen molar-refractivity contribution >= 4 is 41.3 Å². The molecular formula is C32H48N6O6. The van der Waals surface area contributed by atoms with E-state index in [-0.39, 0.29) is 48.4 Å². The molecule has 2 atom stereocenters. The number of carbonyl (C=O) groups excluding carboxylic acids is 6. The van der Waals surface area contributed by atoms with Crippen LogP contribution in [0.2, 0.25) is 0 Å². The number of nitrogens with zero attached hydrogens (tertiary/aromatic N) is 1. The molecule has 0 spiro atoms. The molecule has 6 N–H and O–H groups in total. The molecule has 0 unspecified atom stereocenters. The lowest BCUT2D eigenvalue weighted by Crippen LogP contribution is -2.54. The van der Waals surface area contributed by atoms with E-state index in [4.69, 9.17) is 5.73 Å². The lowest BCUT2D eigenvalue weighted by Gasteiger charge is -2.25. The van der Waals surface area contributed by atoms with Gasteiger partial charge in [0.1, 0.15) is 12.1 Å². The van der Waals surface area contributed by atoms with Gasteiger partial charge in [-0.1, -0.05) is 53.2 Å². The fraction of sp³-hybridized carbons (Fsp3) is 0.562. The van der Waals surface area contributed by atoms with Crippen molar-refractivity contribution in [3.05, 3.63) is 42.0 Å². The summed E-state index contributed by atoms with van der Waals surface area (Å²) in [5, 5.41) is 10.9. The molecule has 1 aromatic rings. The topological polar surface area (TPSA) is 180 Å². The normalized spacial score (nSPS) is 14.4. The van der Waals surface area contributed by atoms with Crippen molar-refractivity contribution in [2.45, 2.75) is 91.6 Å². The van der Waals surface area contributed by atoms with Crippen molar-refractivity contribution in [1.29, 1.82) is 0 Å². The molecule has 12 heteroatoms. The molecule has 0 aromatic heterocycles. The first-order valence-corrected chi connectivity index (χ1v) is 15.2. The average molecular weight is 613 g/mol. The van der Waals surface area contributed by atoms with Crippen molar-refractivity contribution in [3.8, 4) is 0 Å². The third kappa shape index (κ3) is 13.0. The van der Waals surface area contributed by atoms with E-state index in [1.807, 2.05) is 24.3 Å². The van der Waals surface area contributed by atoms with E-state index in [1.54, 1.807) is 13.8 Å². The average Bonchev–Trinajstić information content (AvgIpc) is 3.25. The van der Waals surface area contributed by atoms with Crippen LogP contribution in [0.15, 0.2) is 36.4 Å². The summed E-state index contributed by atoms with van der Waals surface area (Å²) in [6.45, 7) is 10.6. The highest BCUT2D eigenvalue weighted by atomic mass is 16.2. The van der Waals surface area contributed by atoms with Crippen LogP contribution in [-0.4, -0.2) is 65.6 Å². The van der Waals surface area contributed by atoms with Crippen LogP contribution in [0.4, 0.5) is 10.5 Å². The Balaban J connectivity index is 1.95. The Morgan fingerprint density at radius 3 is 2.07 bits per heavy atom. The molecule has 1 heterocycles. The molecule has 12 nitrogen and oxygen atoms in total. The predicted octanol–water partition coefficient (Wildman–Crippen LogP) is 2.77. The maximum Gasteiger partial charge on any atom is 0.312 e. The van der Waals surface area contributed by atoms with E-state index in [0.29, 0.717) is 37.9 Å². The maximum atomic E-state index is 13.3. The molecule has 0 fully saturated rings. The smallest absolute Gasteiger partial charge is 0.312 e. The van der Waals surface area contributed by atoms with Gasteiger partial charge in [-0.25, -0.2) is 4.79 Å². The van der Waals surface area contributed by atoms with Crippen molar-refractivity contribution < 1.29 is 28.8 Å². The minimum atomic E-state index is -0.921. The van der Waals surface area contributed by atoms with Crippen molar-refractivity contribution in [2.24, 2.45) is 17.1 Å². The Hall–Kier alpha value is -4.22. The molecule has 7 amide bonds. The van der Waals surface area contributed by atoms with E-state index in [9.17, 15) is 28.8 Å². The summed E-state index contributed by atoms with van der Waals surface area (Å²) >= 11 is 0. The number of imide groups is 1. The van der Waals surface area contributed by atoms with Crippen LogP contribution in [0.1, 0.15) is 78.7 Å².